The molecule has 1 aliphatic heterocycles. The maximum absolute atomic E-state index is 3.47. The Labute approximate surface area is 102 Å². The molecule has 1 saturated heterocycles. The van der Waals surface area contributed by atoms with Gasteiger partial charge in [0.2, 0.25) is 0 Å². The van der Waals surface area contributed by atoms with Crippen LogP contribution in [0.5, 0.6) is 0 Å². The molecule has 2 fully saturated rings. The fraction of sp³-hybridized carbons (Fsp3) is 0.692. The molecule has 0 radical (unpaired) electrons. The highest BCUT2D eigenvalue weighted by Crippen LogP contribution is 2.46. The van der Waals surface area contributed by atoms with Gasteiger partial charge in [-0.2, -0.15) is 0 Å². The molecule has 2 nitrogen and oxygen atoms in total. The Morgan fingerprint density at radius 2 is 2.31 bits per heavy atom. The van der Waals surface area contributed by atoms with Crippen LogP contribution in [0.1, 0.15) is 30.2 Å². The molecule has 2 heterocycles. The molecule has 2 atom stereocenters. The van der Waals surface area contributed by atoms with Crippen molar-refractivity contribution in [3.63, 3.8) is 0 Å². The number of nitrogens with one attached hydrogen (secondary N) is 1. The second kappa shape index (κ2) is 4.47. The van der Waals surface area contributed by atoms with Crippen molar-refractivity contribution in [1.29, 1.82) is 0 Å². The van der Waals surface area contributed by atoms with E-state index in [2.05, 4.69) is 34.8 Å². The lowest BCUT2D eigenvalue weighted by atomic mass is 10.1. The molecule has 0 bridgehead atoms. The van der Waals surface area contributed by atoms with E-state index in [0.717, 1.165) is 12.0 Å². The van der Waals surface area contributed by atoms with E-state index in [1.165, 1.54) is 32.4 Å². The first-order valence-electron chi connectivity index (χ1n) is 6.32. The third-order valence-electron chi connectivity index (χ3n) is 3.95. The van der Waals surface area contributed by atoms with Crippen LogP contribution in [0.4, 0.5) is 0 Å². The number of hydrogen-bond donors (Lipinski definition) is 1. The molecule has 2 unspecified atom stereocenters. The third kappa shape index (κ3) is 2.04. The van der Waals surface area contributed by atoms with E-state index < -0.39 is 0 Å². The summed E-state index contributed by atoms with van der Waals surface area (Å²) in [4.78, 5) is 4.20. The van der Waals surface area contributed by atoms with Crippen LogP contribution in [-0.2, 0) is 0 Å². The van der Waals surface area contributed by atoms with E-state index >= 15 is 0 Å². The topological polar surface area (TPSA) is 15.3 Å². The summed E-state index contributed by atoms with van der Waals surface area (Å²) in [5.41, 5.74) is 0. The smallest absolute Gasteiger partial charge is 0.0470 e. The monoisotopic (exact) mass is 236 g/mol. The van der Waals surface area contributed by atoms with Gasteiger partial charge in [0.15, 0.2) is 0 Å². The molecule has 2 aliphatic rings. The predicted molar refractivity (Wildman–Crippen MR) is 68.8 cm³/mol. The van der Waals surface area contributed by atoms with Gasteiger partial charge in [0.05, 0.1) is 0 Å². The molecule has 0 aromatic carbocycles. The highest BCUT2D eigenvalue weighted by atomic mass is 32.1. The van der Waals surface area contributed by atoms with E-state index in [4.69, 9.17) is 0 Å². The Morgan fingerprint density at radius 1 is 1.44 bits per heavy atom. The summed E-state index contributed by atoms with van der Waals surface area (Å²) >= 11 is 1.92. The standard InChI is InChI=1S/C13H20N2S/c1-15(11-6-7-14-9-11)13(10-4-5-10)12-3-2-8-16-12/h2-3,8,10-11,13-14H,4-7,9H2,1H3. The quantitative estimate of drug-likeness (QED) is 0.864. The van der Waals surface area contributed by atoms with Gasteiger partial charge in [0.1, 0.15) is 0 Å². The molecule has 3 rings (SSSR count). The first kappa shape index (κ1) is 10.8. The Morgan fingerprint density at radius 3 is 2.88 bits per heavy atom. The zero-order valence-electron chi connectivity index (χ0n) is 9.86. The molecule has 1 aromatic rings. The van der Waals surface area contributed by atoms with Crippen LogP contribution in [0.2, 0.25) is 0 Å². The molecule has 1 aliphatic carbocycles. The van der Waals surface area contributed by atoms with E-state index in [1.54, 1.807) is 4.88 Å². The lowest BCUT2D eigenvalue weighted by Crippen LogP contribution is -2.37. The molecule has 3 heteroatoms. The average Bonchev–Trinajstić information content (AvgIpc) is 2.83. The van der Waals surface area contributed by atoms with E-state index in [0.29, 0.717) is 6.04 Å². The normalized spacial score (nSPS) is 27.5. The second-order valence-corrected chi connectivity index (χ2v) is 6.09. The van der Waals surface area contributed by atoms with Gasteiger partial charge in [0.25, 0.3) is 0 Å². The van der Waals surface area contributed by atoms with Crippen molar-refractivity contribution >= 4 is 11.3 Å². The van der Waals surface area contributed by atoms with Gasteiger partial charge in [-0.3, -0.25) is 4.90 Å². The highest BCUT2D eigenvalue weighted by molar-refractivity contribution is 7.10. The maximum Gasteiger partial charge on any atom is 0.0470 e. The number of hydrogen-bond acceptors (Lipinski definition) is 3. The largest absolute Gasteiger partial charge is 0.315 e. The Bertz CT molecular complexity index is 326. The van der Waals surface area contributed by atoms with Gasteiger partial charge in [-0.25, -0.2) is 0 Å². The lowest BCUT2D eigenvalue weighted by molar-refractivity contribution is 0.168. The van der Waals surface area contributed by atoms with E-state index in [1.807, 2.05) is 11.3 Å². The van der Waals surface area contributed by atoms with E-state index in [-0.39, 0.29) is 0 Å². The summed E-state index contributed by atoms with van der Waals surface area (Å²) in [6.45, 7) is 2.36. The number of rotatable bonds is 4. The summed E-state index contributed by atoms with van der Waals surface area (Å²) in [5, 5.41) is 5.69. The van der Waals surface area contributed by atoms with E-state index in [9.17, 15) is 0 Å². The summed E-state index contributed by atoms with van der Waals surface area (Å²) < 4.78 is 0. The van der Waals surface area contributed by atoms with Crippen LogP contribution < -0.4 is 5.32 Å². The zero-order chi connectivity index (χ0) is 11.0. The van der Waals surface area contributed by atoms with Crippen molar-refractivity contribution in [2.24, 2.45) is 5.92 Å². The minimum absolute atomic E-state index is 0.685. The molecular formula is C13H20N2S. The fourth-order valence-corrected chi connectivity index (χ4v) is 3.82. The SMILES string of the molecule is CN(C1CCNC1)C(c1cccs1)C1CC1. The molecule has 16 heavy (non-hydrogen) atoms. The molecule has 0 amide bonds. The van der Waals surface area contributed by atoms with Crippen LogP contribution in [-0.4, -0.2) is 31.1 Å². The van der Waals surface area contributed by atoms with Gasteiger partial charge < -0.3 is 5.32 Å². The molecule has 1 N–H and O–H groups in total. The average molecular weight is 236 g/mol. The third-order valence-corrected chi connectivity index (χ3v) is 4.90. The number of likely N-dealkylation sites (N-methyl/N-ethyl adjacent to an activating group) is 1. The maximum atomic E-state index is 3.47. The Kier molecular flexibility index (Phi) is 3.01. The summed E-state index contributed by atoms with van der Waals surface area (Å²) in [5.74, 6) is 0.921. The Balaban J connectivity index is 1.77. The van der Waals surface area contributed by atoms with Crippen molar-refractivity contribution in [3.8, 4) is 0 Å². The first-order chi connectivity index (χ1) is 7.86. The molecule has 0 spiro atoms. The van der Waals surface area contributed by atoms with Crippen molar-refractivity contribution in [3.05, 3.63) is 22.4 Å². The minimum atomic E-state index is 0.685. The van der Waals surface area contributed by atoms with Crippen molar-refractivity contribution in [1.82, 2.24) is 10.2 Å². The molecule has 1 saturated carbocycles. The minimum Gasteiger partial charge on any atom is -0.315 e. The van der Waals surface area contributed by atoms with Crippen LogP contribution in [0.15, 0.2) is 17.5 Å². The number of nitrogens with zero attached hydrogens (tertiary/aromatic N) is 1. The van der Waals surface area contributed by atoms with Crippen molar-refractivity contribution in [2.45, 2.75) is 31.3 Å². The first-order valence-corrected chi connectivity index (χ1v) is 7.20. The van der Waals surface area contributed by atoms with Crippen LogP contribution in [0, 0.1) is 5.92 Å². The van der Waals surface area contributed by atoms with Gasteiger partial charge in [-0.05, 0) is 50.2 Å². The van der Waals surface area contributed by atoms with Gasteiger partial charge in [-0.15, -0.1) is 11.3 Å². The Hall–Kier alpha value is -0.380. The summed E-state index contributed by atoms with van der Waals surface area (Å²) in [7, 11) is 2.32. The second-order valence-electron chi connectivity index (χ2n) is 5.11. The van der Waals surface area contributed by atoms with Crippen LogP contribution >= 0.6 is 11.3 Å². The predicted octanol–water partition coefficient (Wildman–Crippen LogP) is 2.49. The number of thiophene rings is 1. The fourth-order valence-electron chi connectivity index (χ4n) is 2.85. The van der Waals surface area contributed by atoms with Crippen LogP contribution in [0.3, 0.4) is 0 Å². The summed E-state index contributed by atoms with van der Waals surface area (Å²) in [6.07, 6.45) is 4.16. The van der Waals surface area contributed by atoms with Gasteiger partial charge >= 0.3 is 0 Å². The molecule has 88 valence electrons. The van der Waals surface area contributed by atoms with Crippen LogP contribution in [0.25, 0.3) is 0 Å². The van der Waals surface area contributed by atoms with Crippen molar-refractivity contribution in [2.75, 3.05) is 20.1 Å². The van der Waals surface area contributed by atoms with Crippen molar-refractivity contribution < 1.29 is 0 Å². The van der Waals surface area contributed by atoms with Gasteiger partial charge in [-0.1, -0.05) is 6.07 Å². The zero-order valence-corrected chi connectivity index (χ0v) is 10.7. The molecule has 1 aromatic heterocycles. The van der Waals surface area contributed by atoms with Gasteiger partial charge in [0, 0.05) is 23.5 Å². The lowest BCUT2D eigenvalue weighted by Gasteiger charge is -2.32. The highest BCUT2D eigenvalue weighted by Gasteiger charge is 2.38. The molecular weight excluding hydrogens is 216 g/mol. The summed E-state index contributed by atoms with van der Waals surface area (Å²) in [6, 6.07) is 5.93.